The van der Waals surface area contributed by atoms with Crippen LogP contribution in [-0.2, 0) is 17.9 Å². The molecule has 2 aromatic carbocycles. The zero-order chi connectivity index (χ0) is 16.6. The summed E-state index contributed by atoms with van der Waals surface area (Å²) in [7, 11) is 0. The first-order chi connectivity index (χ1) is 11.8. The molecule has 0 saturated heterocycles. The number of carbonyl (C=O) groups is 1. The average Bonchev–Trinajstić information content (AvgIpc) is 3.13. The fourth-order valence-electron chi connectivity index (χ4n) is 2.27. The predicted molar refractivity (Wildman–Crippen MR) is 91.6 cm³/mol. The summed E-state index contributed by atoms with van der Waals surface area (Å²) in [6.07, 6.45) is 5.49. The lowest BCUT2D eigenvalue weighted by atomic mass is 10.1. The first-order valence-electron chi connectivity index (χ1n) is 7.78. The number of ether oxygens (including phenoxy) is 1. The molecule has 0 aliphatic heterocycles. The largest absolute Gasteiger partial charge is 0.484 e. The summed E-state index contributed by atoms with van der Waals surface area (Å²) in [6, 6.07) is 17.5. The SMILES string of the molecule is O=C(COc1ccccc1)NCc1ccc(Cn2ccnc2)cc1. The van der Waals surface area contributed by atoms with Crippen molar-refractivity contribution in [2.75, 3.05) is 6.61 Å². The van der Waals surface area contributed by atoms with E-state index < -0.39 is 0 Å². The normalized spacial score (nSPS) is 10.3. The maximum absolute atomic E-state index is 11.8. The highest BCUT2D eigenvalue weighted by molar-refractivity contribution is 5.77. The third-order valence-corrected chi connectivity index (χ3v) is 3.55. The van der Waals surface area contributed by atoms with Gasteiger partial charge in [-0.3, -0.25) is 4.79 Å². The molecule has 1 N–H and O–H groups in total. The second-order valence-corrected chi connectivity index (χ2v) is 5.43. The van der Waals surface area contributed by atoms with Crippen LogP contribution in [0.2, 0.25) is 0 Å². The topological polar surface area (TPSA) is 56.1 Å². The van der Waals surface area contributed by atoms with Crippen LogP contribution in [0.4, 0.5) is 0 Å². The van der Waals surface area contributed by atoms with Gasteiger partial charge < -0.3 is 14.6 Å². The van der Waals surface area contributed by atoms with E-state index in [9.17, 15) is 4.79 Å². The minimum atomic E-state index is -0.138. The molecule has 0 atom stereocenters. The molecule has 0 fully saturated rings. The Hall–Kier alpha value is -3.08. The van der Waals surface area contributed by atoms with Crippen LogP contribution in [0.15, 0.2) is 73.3 Å². The fraction of sp³-hybridized carbons (Fsp3) is 0.158. The Morgan fingerprint density at radius 2 is 1.79 bits per heavy atom. The van der Waals surface area contributed by atoms with Crippen LogP contribution >= 0.6 is 0 Å². The number of benzene rings is 2. The Labute approximate surface area is 140 Å². The van der Waals surface area contributed by atoms with Gasteiger partial charge in [0.05, 0.1) is 6.33 Å². The molecule has 0 saturated carbocycles. The number of para-hydroxylation sites is 1. The molecule has 1 heterocycles. The molecule has 122 valence electrons. The Morgan fingerprint density at radius 3 is 2.50 bits per heavy atom. The molecule has 24 heavy (non-hydrogen) atoms. The fourth-order valence-corrected chi connectivity index (χ4v) is 2.27. The maximum Gasteiger partial charge on any atom is 0.258 e. The summed E-state index contributed by atoms with van der Waals surface area (Å²) in [5.41, 5.74) is 2.24. The third kappa shape index (κ3) is 4.71. The number of hydrogen-bond acceptors (Lipinski definition) is 3. The maximum atomic E-state index is 11.8. The highest BCUT2D eigenvalue weighted by Crippen LogP contribution is 2.08. The van der Waals surface area contributed by atoms with Crippen molar-refractivity contribution in [3.8, 4) is 5.75 Å². The van der Waals surface area contributed by atoms with Gasteiger partial charge in [-0.2, -0.15) is 0 Å². The number of imidazole rings is 1. The van der Waals surface area contributed by atoms with Crippen LogP contribution in [0.5, 0.6) is 5.75 Å². The molecule has 0 aliphatic rings. The summed E-state index contributed by atoms with van der Waals surface area (Å²) in [5.74, 6) is 0.554. The lowest BCUT2D eigenvalue weighted by Gasteiger charge is -2.08. The van der Waals surface area contributed by atoms with Gasteiger partial charge in [0.25, 0.3) is 5.91 Å². The zero-order valence-electron chi connectivity index (χ0n) is 13.3. The number of hydrogen-bond donors (Lipinski definition) is 1. The predicted octanol–water partition coefficient (Wildman–Crippen LogP) is 2.63. The van der Waals surface area contributed by atoms with Crippen molar-refractivity contribution in [3.05, 3.63) is 84.4 Å². The molecule has 3 aromatic rings. The molecule has 0 unspecified atom stereocenters. The van der Waals surface area contributed by atoms with Gasteiger partial charge in [-0.1, -0.05) is 42.5 Å². The molecular weight excluding hydrogens is 302 g/mol. The number of rotatable bonds is 7. The number of carbonyl (C=O) groups excluding carboxylic acids is 1. The van der Waals surface area contributed by atoms with Gasteiger partial charge in [0.1, 0.15) is 5.75 Å². The number of amides is 1. The number of aromatic nitrogens is 2. The van der Waals surface area contributed by atoms with E-state index in [1.165, 1.54) is 5.56 Å². The Bertz CT molecular complexity index is 753. The first-order valence-corrected chi connectivity index (χ1v) is 7.78. The van der Waals surface area contributed by atoms with Gasteiger partial charge in [0.2, 0.25) is 0 Å². The minimum Gasteiger partial charge on any atom is -0.484 e. The lowest BCUT2D eigenvalue weighted by Crippen LogP contribution is -2.28. The highest BCUT2D eigenvalue weighted by atomic mass is 16.5. The second kappa shape index (κ2) is 7.97. The van der Waals surface area contributed by atoms with Crippen molar-refractivity contribution in [3.63, 3.8) is 0 Å². The van der Waals surface area contributed by atoms with Crippen molar-refractivity contribution in [2.45, 2.75) is 13.1 Å². The van der Waals surface area contributed by atoms with Crippen LogP contribution in [-0.4, -0.2) is 22.1 Å². The molecular formula is C19H19N3O2. The van der Waals surface area contributed by atoms with Crippen LogP contribution in [0, 0.1) is 0 Å². The molecule has 5 heteroatoms. The van der Waals surface area contributed by atoms with Crippen LogP contribution in [0.25, 0.3) is 0 Å². The Balaban J connectivity index is 1.43. The van der Waals surface area contributed by atoms with Gasteiger partial charge in [0, 0.05) is 25.5 Å². The summed E-state index contributed by atoms with van der Waals surface area (Å²) >= 11 is 0. The third-order valence-electron chi connectivity index (χ3n) is 3.55. The van der Waals surface area contributed by atoms with E-state index in [0.717, 1.165) is 12.1 Å². The van der Waals surface area contributed by atoms with Crippen molar-refractivity contribution in [2.24, 2.45) is 0 Å². The van der Waals surface area contributed by atoms with E-state index >= 15 is 0 Å². The molecule has 5 nitrogen and oxygen atoms in total. The lowest BCUT2D eigenvalue weighted by molar-refractivity contribution is -0.123. The quantitative estimate of drug-likeness (QED) is 0.728. The van der Waals surface area contributed by atoms with Crippen molar-refractivity contribution >= 4 is 5.91 Å². The van der Waals surface area contributed by atoms with Gasteiger partial charge in [-0.15, -0.1) is 0 Å². The van der Waals surface area contributed by atoms with Gasteiger partial charge in [-0.05, 0) is 23.3 Å². The summed E-state index contributed by atoms with van der Waals surface area (Å²) in [5, 5.41) is 2.86. The zero-order valence-corrected chi connectivity index (χ0v) is 13.3. The summed E-state index contributed by atoms with van der Waals surface area (Å²) < 4.78 is 7.42. The van der Waals surface area contributed by atoms with Gasteiger partial charge >= 0.3 is 0 Å². The molecule has 1 aromatic heterocycles. The van der Waals surface area contributed by atoms with E-state index in [4.69, 9.17) is 4.74 Å². The van der Waals surface area contributed by atoms with E-state index in [1.807, 2.05) is 53.2 Å². The van der Waals surface area contributed by atoms with Crippen molar-refractivity contribution in [1.82, 2.24) is 14.9 Å². The summed E-state index contributed by atoms with van der Waals surface area (Å²) in [6.45, 7) is 1.29. The van der Waals surface area contributed by atoms with Crippen LogP contribution in [0.1, 0.15) is 11.1 Å². The van der Waals surface area contributed by atoms with E-state index in [2.05, 4.69) is 22.4 Å². The molecule has 3 rings (SSSR count). The minimum absolute atomic E-state index is 0.0166. The molecule has 1 amide bonds. The van der Waals surface area contributed by atoms with Crippen molar-refractivity contribution in [1.29, 1.82) is 0 Å². The van der Waals surface area contributed by atoms with E-state index in [-0.39, 0.29) is 12.5 Å². The standard InChI is InChI=1S/C19H19N3O2/c23-19(14-24-18-4-2-1-3-5-18)21-12-16-6-8-17(9-7-16)13-22-11-10-20-15-22/h1-11,15H,12-14H2,(H,21,23). The Kier molecular flexibility index (Phi) is 5.24. The second-order valence-electron chi connectivity index (χ2n) is 5.43. The number of nitrogens with zero attached hydrogens (tertiary/aromatic N) is 2. The molecule has 0 radical (unpaired) electrons. The van der Waals surface area contributed by atoms with Gasteiger partial charge in [-0.25, -0.2) is 4.98 Å². The van der Waals surface area contributed by atoms with E-state index in [1.54, 1.807) is 12.5 Å². The number of nitrogens with one attached hydrogen (secondary N) is 1. The van der Waals surface area contributed by atoms with Crippen LogP contribution in [0.3, 0.4) is 0 Å². The average molecular weight is 321 g/mol. The molecule has 0 bridgehead atoms. The van der Waals surface area contributed by atoms with E-state index in [0.29, 0.717) is 12.3 Å². The smallest absolute Gasteiger partial charge is 0.258 e. The summed E-state index contributed by atoms with van der Waals surface area (Å²) in [4.78, 5) is 15.8. The first kappa shape index (κ1) is 15.8. The monoisotopic (exact) mass is 321 g/mol. The Morgan fingerprint density at radius 1 is 1.04 bits per heavy atom. The van der Waals surface area contributed by atoms with Gasteiger partial charge in [0.15, 0.2) is 6.61 Å². The highest BCUT2D eigenvalue weighted by Gasteiger charge is 2.03. The molecule has 0 aliphatic carbocycles. The van der Waals surface area contributed by atoms with Crippen molar-refractivity contribution < 1.29 is 9.53 Å². The van der Waals surface area contributed by atoms with Crippen LogP contribution < -0.4 is 10.1 Å². The molecule has 0 spiro atoms.